The van der Waals surface area contributed by atoms with Gasteiger partial charge in [-0.1, -0.05) is 12.1 Å². The average Bonchev–Trinajstić information content (AvgIpc) is 2.60. The maximum Gasteiger partial charge on any atom is 0.134 e. The lowest BCUT2D eigenvalue weighted by Crippen LogP contribution is -1.95. The van der Waals surface area contributed by atoms with Crippen LogP contribution < -0.4 is 5.73 Å². The van der Waals surface area contributed by atoms with E-state index in [2.05, 4.69) is 0 Å². The summed E-state index contributed by atoms with van der Waals surface area (Å²) in [6.07, 6.45) is 0. The van der Waals surface area contributed by atoms with Crippen molar-refractivity contribution < 1.29 is 9.15 Å². The topological polar surface area (TPSA) is 48.4 Å². The van der Waals surface area contributed by atoms with E-state index in [1.165, 1.54) is 0 Å². The number of ether oxygens (including phenoxy) is 1. The van der Waals surface area contributed by atoms with Gasteiger partial charge in [-0.15, -0.1) is 0 Å². The molecule has 0 amide bonds. The van der Waals surface area contributed by atoms with E-state index in [4.69, 9.17) is 14.9 Å². The van der Waals surface area contributed by atoms with Crippen LogP contribution in [0.15, 0.2) is 28.7 Å². The third-order valence-corrected chi connectivity index (χ3v) is 2.21. The second-order valence-corrected chi connectivity index (χ2v) is 3.18. The number of nitrogens with two attached hydrogens (primary N) is 1. The van der Waals surface area contributed by atoms with Gasteiger partial charge in [0, 0.05) is 19.0 Å². The molecule has 0 aliphatic rings. The van der Waals surface area contributed by atoms with Gasteiger partial charge in [0.2, 0.25) is 0 Å². The lowest BCUT2D eigenvalue weighted by Gasteiger charge is -1.95. The summed E-state index contributed by atoms with van der Waals surface area (Å²) < 4.78 is 10.6. The summed E-state index contributed by atoms with van der Waals surface area (Å²) in [6, 6.07) is 7.88. The highest BCUT2D eigenvalue weighted by molar-refractivity contribution is 5.81. The Kier molecular flexibility index (Phi) is 2.52. The first-order valence-corrected chi connectivity index (χ1v) is 4.54. The summed E-state index contributed by atoms with van der Waals surface area (Å²) in [7, 11) is 1.65. The van der Waals surface area contributed by atoms with Crippen molar-refractivity contribution >= 4 is 11.0 Å². The minimum absolute atomic E-state index is 0.499. The van der Waals surface area contributed by atoms with Gasteiger partial charge in [-0.25, -0.2) is 0 Å². The molecule has 0 saturated heterocycles. The maximum absolute atomic E-state index is 5.63. The minimum Gasteiger partial charge on any atom is -0.459 e. The van der Waals surface area contributed by atoms with Gasteiger partial charge in [0.25, 0.3) is 0 Å². The Hall–Kier alpha value is -1.32. The van der Waals surface area contributed by atoms with Crippen LogP contribution in [0.4, 0.5) is 0 Å². The van der Waals surface area contributed by atoms with Gasteiger partial charge in [-0.3, -0.25) is 0 Å². The molecule has 0 spiro atoms. The second-order valence-electron chi connectivity index (χ2n) is 3.18. The molecule has 0 unspecified atom stereocenters. The lowest BCUT2D eigenvalue weighted by molar-refractivity contribution is 0.166. The number of fused-ring (bicyclic) bond motifs is 1. The van der Waals surface area contributed by atoms with Crippen molar-refractivity contribution in [1.29, 1.82) is 0 Å². The van der Waals surface area contributed by atoms with E-state index in [1.54, 1.807) is 7.11 Å². The largest absolute Gasteiger partial charge is 0.459 e. The van der Waals surface area contributed by atoms with Gasteiger partial charge >= 0.3 is 0 Å². The van der Waals surface area contributed by atoms with Crippen LogP contribution in [0.5, 0.6) is 0 Å². The smallest absolute Gasteiger partial charge is 0.134 e. The molecule has 2 aromatic rings. The third-order valence-electron chi connectivity index (χ3n) is 2.21. The Balaban J connectivity index is 2.52. The zero-order valence-corrected chi connectivity index (χ0v) is 8.12. The molecule has 3 nitrogen and oxygen atoms in total. The molecule has 1 heterocycles. The first-order chi connectivity index (χ1) is 6.85. The highest BCUT2D eigenvalue weighted by atomic mass is 16.5. The number of rotatable bonds is 3. The lowest BCUT2D eigenvalue weighted by atomic mass is 10.1. The Morgan fingerprint density at radius 2 is 2.29 bits per heavy atom. The van der Waals surface area contributed by atoms with E-state index < -0.39 is 0 Å². The van der Waals surface area contributed by atoms with Crippen molar-refractivity contribution in [3.05, 3.63) is 35.6 Å². The molecule has 1 aromatic carbocycles. The monoisotopic (exact) mass is 191 g/mol. The van der Waals surface area contributed by atoms with E-state index >= 15 is 0 Å². The molecule has 1 aromatic heterocycles. The standard InChI is InChI=1S/C11H13NO2/c1-13-7-9-5-10-8(6-12)3-2-4-11(10)14-9/h2-5H,6-7,12H2,1H3. The highest BCUT2D eigenvalue weighted by Gasteiger charge is 2.05. The molecule has 3 heteroatoms. The van der Waals surface area contributed by atoms with Crippen molar-refractivity contribution in [1.82, 2.24) is 0 Å². The molecule has 2 N–H and O–H groups in total. The SMILES string of the molecule is COCc1cc2c(CN)cccc2o1. The highest BCUT2D eigenvalue weighted by Crippen LogP contribution is 2.23. The fourth-order valence-corrected chi connectivity index (χ4v) is 1.57. The summed E-state index contributed by atoms with van der Waals surface area (Å²) in [5, 5.41) is 1.09. The summed E-state index contributed by atoms with van der Waals surface area (Å²) in [5.41, 5.74) is 7.61. The summed E-state index contributed by atoms with van der Waals surface area (Å²) in [5.74, 6) is 0.836. The first kappa shape index (κ1) is 9.24. The van der Waals surface area contributed by atoms with E-state index in [0.29, 0.717) is 13.2 Å². The number of hydrogen-bond acceptors (Lipinski definition) is 3. The Bertz CT molecular complexity index is 434. The molecule has 14 heavy (non-hydrogen) atoms. The number of hydrogen-bond donors (Lipinski definition) is 1. The van der Waals surface area contributed by atoms with Crippen LogP contribution in [-0.4, -0.2) is 7.11 Å². The van der Waals surface area contributed by atoms with E-state index in [-0.39, 0.29) is 0 Å². The summed E-state index contributed by atoms with van der Waals surface area (Å²) in [6.45, 7) is 1.03. The summed E-state index contributed by atoms with van der Waals surface area (Å²) in [4.78, 5) is 0. The van der Waals surface area contributed by atoms with Gasteiger partial charge < -0.3 is 14.9 Å². The van der Waals surface area contributed by atoms with Crippen molar-refractivity contribution in [3.63, 3.8) is 0 Å². The van der Waals surface area contributed by atoms with Crippen molar-refractivity contribution in [2.75, 3.05) is 7.11 Å². The number of furan rings is 1. The van der Waals surface area contributed by atoms with Gasteiger partial charge in [0.15, 0.2) is 0 Å². The van der Waals surface area contributed by atoms with Crippen molar-refractivity contribution in [2.45, 2.75) is 13.2 Å². The minimum atomic E-state index is 0.499. The molecule has 74 valence electrons. The average molecular weight is 191 g/mol. The first-order valence-electron chi connectivity index (χ1n) is 4.54. The van der Waals surface area contributed by atoms with Gasteiger partial charge in [-0.05, 0) is 17.7 Å². The fourth-order valence-electron chi connectivity index (χ4n) is 1.57. The fraction of sp³-hybridized carbons (Fsp3) is 0.273. The molecule has 0 saturated carbocycles. The number of methoxy groups -OCH3 is 1. The van der Waals surface area contributed by atoms with E-state index in [9.17, 15) is 0 Å². The zero-order chi connectivity index (χ0) is 9.97. The van der Waals surface area contributed by atoms with E-state index in [1.807, 2.05) is 24.3 Å². The zero-order valence-electron chi connectivity index (χ0n) is 8.12. The van der Waals surface area contributed by atoms with Crippen LogP contribution >= 0.6 is 0 Å². The Labute approximate surface area is 82.5 Å². The molecule has 0 aliphatic carbocycles. The van der Waals surface area contributed by atoms with E-state index in [0.717, 1.165) is 22.3 Å². The van der Waals surface area contributed by atoms with Crippen LogP contribution in [0.1, 0.15) is 11.3 Å². The van der Waals surface area contributed by atoms with Crippen LogP contribution in [0.25, 0.3) is 11.0 Å². The normalized spacial score (nSPS) is 11.0. The third kappa shape index (κ3) is 1.52. The van der Waals surface area contributed by atoms with Crippen LogP contribution in [-0.2, 0) is 17.9 Å². The molecule has 2 rings (SSSR count). The van der Waals surface area contributed by atoms with Crippen LogP contribution in [0.2, 0.25) is 0 Å². The molecule has 0 radical (unpaired) electrons. The second kappa shape index (κ2) is 3.82. The van der Waals surface area contributed by atoms with Gasteiger partial charge in [0.05, 0.1) is 0 Å². The Morgan fingerprint density at radius 3 is 3.00 bits per heavy atom. The molecule has 0 aliphatic heterocycles. The predicted molar refractivity (Wildman–Crippen MR) is 54.8 cm³/mol. The van der Waals surface area contributed by atoms with Crippen LogP contribution in [0.3, 0.4) is 0 Å². The molecule has 0 atom stereocenters. The molecular formula is C11H13NO2. The number of benzene rings is 1. The summed E-state index contributed by atoms with van der Waals surface area (Å²) >= 11 is 0. The molecule has 0 bridgehead atoms. The maximum atomic E-state index is 5.63. The molecular weight excluding hydrogens is 178 g/mol. The van der Waals surface area contributed by atoms with Crippen LogP contribution in [0, 0.1) is 0 Å². The van der Waals surface area contributed by atoms with Crippen molar-refractivity contribution in [3.8, 4) is 0 Å². The van der Waals surface area contributed by atoms with Gasteiger partial charge in [-0.2, -0.15) is 0 Å². The predicted octanol–water partition coefficient (Wildman–Crippen LogP) is 2.04. The quantitative estimate of drug-likeness (QED) is 0.807. The Morgan fingerprint density at radius 1 is 1.43 bits per heavy atom. The van der Waals surface area contributed by atoms with Gasteiger partial charge in [0.1, 0.15) is 18.0 Å². The van der Waals surface area contributed by atoms with Crippen molar-refractivity contribution in [2.24, 2.45) is 5.73 Å². The molecule has 0 fully saturated rings.